The molecular formula is C56H61BN2. The predicted octanol–water partition coefficient (Wildman–Crippen LogP) is 12.8. The Morgan fingerprint density at radius 1 is 0.390 bits per heavy atom. The molecule has 0 saturated carbocycles. The van der Waals surface area contributed by atoms with Crippen LogP contribution >= 0.6 is 0 Å². The second-order valence-corrected chi connectivity index (χ2v) is 22.2. The smallest absolute Gasteiger partial charge is 0.252 e. The van der Waals surface area contributed by atoms with Crippen molar-refractivity contribution in [2.24, 2.45) is 0 Å². The maximum absolute atomic E-state index is 2.62. The van der Waals surface area contributed by atoms with E-state index in [9.17, 15) is 0 Å². The van der Waals surface area contributed by atoms with E-state index in [0.29, 0.717) is 0 Å². The Bertz CT molecular complexity index is 2510. The van der Waals surface area contributed by atoms with Crippen molar-refractivity contribution in [3.8, 4) is 11.1 Å². The van der Waals surface area contributed by atoms with Crippen molar-refractivity contribution in [3.05, 3.63) is 148 Å². The van der Waals surface area contributed by atoms with Gasteiger partial charge in [0.2, 0.25) is 0 Å². The summed E-state index contributed by atoms with van der Waals surface area (Å²) in [5.41, 5.74) is 26.5. The van der Waals surface area contributed by atoms with Crippen molar-refractivity contribution in [1.29, 1.82) is 0 Å². The van der Waals surface area contributed by atoms with E-state index >= 15 is 0 Å². The molecule has 4 aliphatic rings. The van der Waals surface area contributed by atoms with Gasteiger partial charge in [-0.2, -0.15) is 0 Å². The van der Waals surface area contributed by atoms with Crippen LogP contribution in [0.25, 0.3) is 11.1 Å². The van der Waals surface area contributed by atoms with Gasteiger partial charge in [-0.15, -0.1) is 0 Å². The summed E-state index contributed by atoms with van der Waals surface area (Å²) in [5.74, 6) is 0. The predicted molar refractivity (Wildman–Crippen MR) is 256 cm³/mol. The molecule has 298 valence electrons. The van der Waals surface area contributed by atoms with Crippen LogP contribution in [0.1, 0.15) is 128 Å². The summed E-state index contributed by atoms with van der Waals surface area (Å²) >= 11 is 0. The topological polar surface area (TPSA) is 6.48 Å². The first kappa shape index (κ1) is 38.2. The summed E-state index contributed by atoms with van der Waals surface area (Å²) in [5, 5.41) is 0. The summed E-state index contributed by atoms with van der Waals surface area (Å²) in [6, 6.07) is 41.4. The van der Waals surface area contributed by atoms with E-state index in [-0.39, 0.29) is 28.4 Å². The Kier molecular flexibility index (Phi) is 8.25. The van der Waals surface area contributed by atoms with Gasteiger partial charge in [0.25, 0.3) is 6.71 Å². The van der Waals surface area contributed by atoms with E-state index in [2.05, 4.69) is 196 Å². The molecule has 10 rings (SSSR count). The average molecular weight is 773 g/mol. The molecule has 0 atom stereocenters. The van der Waals surface area contributed by atoms with Gasteiger partial charge in [-0.3, -0.25) is 0 Å². The van der Waals surface area contributed by atoms with Crippen LogP contribution in [0, 0.1) is 0 Å². The molecule has 0 fully saturated rings. The van der Waals surface area contributed by atoms with E-state index in [4.69, 9.17) is 0 Å². The van der Waals surface area contributed by atoms with Crippen LogP contribution in [0.2, 0.25) is 0 Å². The Morgan fingerprint density at radius 2 is 0.763 bits per heavy atom. The lowest BCUT2D eigenvalue weighted by Gasteiger charge is -2.45. The quantitative estimate of drug-likeness (QED) is 0.165. The third-order valence-corrected chi connectivity index (χ3v) is 14.1. The van der Waals surface area contributed by atoms with Crippen LogP contribution < -0.4 is 26.2 Å². The Hall–Kier alpha value is -5.02. The second-order valence-electron chi connectivity index (χ2n) is 22.2. The van der Waals surface area contributed by atoms with Gasteiger partial charge in [0.1, 0.15) is 0 Å². The largest absolute Gasteiger partial charge is 0.311 e. The third-order valence-electron chi connectivity index (χ3n) is 14.1. The molecule has 6 aromatic rings. The van der Waals surface area contributed by atoms with Gasteiger partial charge in [-0.05, 0) is 168 Å². The minimum atomic E-state index is 0.00379. The van der Waals surface area contributed by atoms with Crippen molar-refractivity contribution in [1.82, 2.24) is 0 Å². The van der Waals surface area contributed by atoms with Crippen LogP contribution in [0.3, 0.4) is 0 Å². The van der Waals surface area contributed by atoms with E-state index in [1.54, 1.807) is 22.3 Å². The Labute approximate surface area is 354 Å². The fourth-order valence-corrected chi connectivity index (χ4v) is 10.3. The van der Waals surface area contributed by atoms with Crippen molar-refractivity contribution >= 4 is 57.2 Å². The molecule has 6 aromatic carbocycles. The highest BCUT2D eigenvalue weighted by molar-refractivity contribution is 7.00. The van der Waals surface area contributed by atoms with Gasteiger partial charge < -0.3 is 9.80 Å². The molecule has 2 heterocycles. The number of hydrogen-bond acceptors (Lipinski definition) is 2. The van der Waals surface area contributed by atoms with Crippen LogP contribution in [0.4, 0.5) is 34.1 Å². The number of hydrogen-bond donors (Lipinski definition) is 0. The molecule has 0 saturated heterocycles. The van der Waals surface area contributed by atoms with Crippen molar-refractivity contribution in [2.75, 3.05) is 9.80 Å². The van der Waals surface area contributed by atoms with Gasteiger partial charge in [-0.1, -0.05) is 138 Å². The maximum Gasteiger partial charge on any atom is 0.252 e. The van der Waals surface area contributed by atoms with Gasteiger partial charge in [-0.25, -0.2) is 0 Å². The number of benzene rings is 6. The molecule has 0 amide bonds. The maximum atomic E-state index is 2.62. The van der Waals surface area contributed by atoms with Gasteiger partial charge in [0, 0.05) is 34.1 Å². The molecule has 3 heteroatoms. The van der Waals surface area contributed by atoms with Crippen LogP contribution in [-0.2, 0) is 47.3 Å². The summed E-state index contributed by atoms with van der Waals surface area (Å²) in [4.78, 5) is 5.24. The van der Waals surface area contributed by atoms with Gasteiger partial charge in [0.05, 0.1) is 0 Å². The van der Waals surface area contributed by atoms with Crippen LogP contribution in [0.5, 0.6) is 0 Å². The van der Waals surface area contributed by atoms with Gasteiger partial charge in [0.15, 0.2) is 0 Å². The lowest BCUT2D eigenvalue weighted by Crippen LogP contribution is -2.61. The molecule has 2 aliphatic heterocycles. The summed E-state index contributed by atoms with van der Waals surface area (Å²) in [6.45, 7) is 28.1. The van der Waals surface area contributed by atoms with Crippen molar-refractivity contribution in [3.63, 3.8) is 0 Å². The number of nitrogens with zero attached hydrogens (tertiary/aromatic N) is 2. The minimum absolute atomic E-state index is 0.00379. The van der Waals surface area contributed by atoms with E-state index in [1.807, 2.05) is 0 Å². The van der Waals surface area contributed by atoms with E-state index in [1.165, 1.54) is 110 Å². The highest BCUT2D eigenvalue weighted by Gasteiger charge is 2.45. The highest BCUT2D eigenvalue weighted by Crippen LogP contribution is 2.50. The molecule has 0 aromatic heterocycles. The minimum Gasteiger partial charge on any atom is -0.311 e. The van der Waals surface area contributed by atoms with Crippen LogP contribution in [-0.4, -0.2) is 6.71 Å². The van der Waals surface area contributed by atoms with Crippen molar-refractivity contribution < 1.29 is 0 Å². The first-order valence-electron chi connectivity index (χ1n) is 22.2. The zero-order valence-corrected chi connectivity index (χ0v) is 37.6. The normalized spacial score (nSPS) is 15.4. The molecule has 2 aliphatic carbocycles. The Balaban J connectivity index is 1.33. The molecular weight excluding hydrogens is 711 g/mol. The third kappa shape index (κ3) is 6.04. The zero-order chi connectivity index (χ0) is 41.6. The number of aryl methyl sites for hydroxylation is 2. The monoisotopic (exact) mass is 772 g/mol. The van der Waals surface area contributed by atoms with Crippen molar-refractivity contribution in [2.45, 2.75) is 130 Å². The first-order valence-corrected chi connectivity index (χ1v) is 22.2. The lowest BCUT2D eigenvalue weighted by molar-refractivity contribution is 0.590. The SMILES string of the molecule is CC(C)(C)c1ccc(N2c3ccc(C(C)(C)C)cc3B3c4cc(C(C)(C)C)ccc4N(c4ccc(C(C)(C)C)cc4)c4cc(-c5c6c(cc7c5CC7)CC6)cc2c43)cc1. The molecule has 0 unspecified atom stereocenters. The van der Waals surface area contributed by atoms with Crippen LogP contribution in [0.15, 0.2) is 103 Å². The van der Waals surface area contributed by atoms with Gasteiger partial charge >= 0.3 is 0 Å². The number of fused-ring (bicyclic) bond motifs is 6. The van der Waals surface area contributed by atoms with E-state index < -0.39 is 0 Å². The zero-order valence-electron chi connectivity index (χ0n) is 37.6. The molecule has 0 bridgehead atoms. The molecule has 59 heavy (non-hydrogen) atoms. The highest BCUT2D eigenvalue weighted by atomic mass is 15.2. The lowest BCUT2D eigenvalue weighted by atomic mass is 9.33. The molecule has 2 nitrogen and oxygen atoms in total. The van der Waals surface area contributed by atoms with E-state index in [0.717, 1.165) is 0 Å². The molecule has 0 radical (unpaired) electrons. The first-order chi connectivity index (χ1) is 27.8. The molecule has 0 spiro atoms. The second kappa shape index (κ2) is 12.7. The summed E-state index contributed by atoms with van der Waals surface area (Å²) in [7, 11) is 0. The average Bonchev–Trinajstić information content (AvgIpc) is 3.14. The Morgan fingerprint density at radius 3 is 1.10 bits per heavy atom. The fraction of sp³-hybridized carbons (Fsp3) is 0.357. The fourth-order valence-electron chi connectivity index (χ4n) is 10.3. The number of anilines is 6. The molecule has 0 N–H and O–H groups in total. The number of rotatable bonds is 3. The standard InChI is InChI=1S/C56H61BN2/c1-53(2,3)37-15-21-41(22-16-37)58-47-27-19-39(55(7,8)9)32-45(47)57-46-33-40(56(10,11)12)20-28-48(46)59(42-23-17-38(18-24-42)54(4,5)6)50-31-36(30-49(58)52(50)57)51-43-25-13-34(43)29-35-14-26-44(35)51/h15-24,27-33H,13-14,25-26H2,1-12H3. The summed E-state index contributed by atoms with van der Waals surface area (Å²) < 4.78 is 0. The summed E-state index contributed by atoms with van der Waals surface area (Å²) in [6.07, 6.45) is 4.72.